The zero-order valence-corrected chi connectivity index (χ0v) is 12.7. The highest BCUT2D eigenvalue weighted by molar-refractivity contribution is 5.45. The molecule has 1 aliphatic carbocycles. The number of hydrogen-bond donors (Lipinski definition) is 2. The van der Waals surface area contributed by atoms with Gasteiger partial charge in [-0.15, -0.1) is 0 Å². The SMILES string of the molecule is Cc1nccn1-c1cncc(N[C@H]2c3ccccc3C[C@H]2O)n1. The molecule has 0 aliphatic heterocycles. The smallest absolute Gasteiger partial charge is 0.159 e. The number of rotatable bonds is 3. The van der Waals surface area contributed by atoms with E-state index in [9.17, 15) is 5.11 Å². The van der Waals surface area contributed by atoms with Crippen molar-refractivity contribution < 1.29 is 5.11 Å². The van der Waals surface area contributed by atoms with Gasteiger partial charge in [-0.25, -0.2) is 9.97 Å². The largest absolute Gasteiger partial charge is 0.390 e. The lowest BCUT2D eigenvalue weighted by Gasteiger charge is -2.18. The normalized spacial score (nSPS) is 19.6. The monoisotopic (exact) mass is 307 g/mol. The second-order valence-corrected chi connectivity index (χ2v) is 5.70. The predicted octanol–water partition coefficient (Wildman–Crippen LogP) is 2.04. The summed E-state index contributed by atoms with van der Waals surface area (Å²) in [6.45, 7) is 1.92. The summed E-state index contributed by atoms with van der Waals surface area (Å²) in [7, 11) is 0. The Morgan fingerprint density at radius 3 is 2.96 bits per heavy atom. The summed E-state index contributed by atoms with van der Waals surface area (Å²) < 4.78 is 1.87. The summed E-state index contributed by atoms with van der Waals surface area (Å²) in [5.74, 6) is 2.19. The van der Waals surface area contributed by atoms with Crippen LogP contribution in [0.3, 0.4) is 0 Å². The lowest BCUT2D eigenvalue weighted by Crippen LogP contribution is -2.22. The first kappa shape index (κ1) is 13.9. The minimum Gasteiger partial charge on any atom is -0.390 e. The van der Waals surface area contributed by atoms with Crippen LogP contribution >= 0.6 is 0 Å². The van der Waals surface area contributed by atoms with Crippen molar-refractivity contribution in [1.29, 1.82) is 0 Å². The third kappa shape index (κ3) is 2.47. The van der Waals surface area contributed by atoms with Gasteiger partial charge in [-0.3, -0.25) is 9.55 Å². The Morgan fingerprint density at radius 1 is 1.26 bits per heavy atom. The zero-order chi connectivity index (χ0) is 15.8. The van der Waals surface area contributed by atoms with E-state index in [1.165, 1.54) is 5.56 Å². The average Bonchev–Trinajstić information content (AvgIpc) is 3.12. The molecule has 6 nitrogen and oxygen atoms in total. The molecule has 0 unspecified atom stereocenters. The van der Waals surface area contributed by atoms with Crippen LogP contribution in [0.2, 0.25) is 0 Å². The second kappa shape index (κ2) is 5.48. The van der Waals surface area contributed by atoms with E-state index in [0.29, 0.717) is 18.1 Å². The molecule has 2 aromatic heterocycles. The minimum absolute atomic E-state index is 0.167. The van der Waals surface area contributed by atoms with Gasteiger partial charge in [0.05, 0.1) is 24.5 Å². The molecule has 0 saturated heterocycles. The molecule has 0 fully saturated rings. The Labute approximate surface area is 133 Å². The van der Waals surface area contributed by atoms with E-state index in [1.54, 1.807) is 18.6 Å². The Balaban J connectivity index is 1.64. The highest BCUT2D eigenvalue weighted by Crippen LogP contribution is 2.33. The maximum Gasteiger partial charge on any atom is 0.159 e. The number of aryl methyl sites for hydroxylation is 1. The van der Waals surface area contributed by atoms with Crippen LogP contribution in [0.25, 0.3) is 5.82 Å². The summed E-state index contributed by atoms with van der Waals surface area (Å²) in [6, 6.07) is 7.91. The van der Waals surface area contributed by atoms with Gasteiger partial charge in [-0.05, 0) is 18.1 Å². The quantitative estimate of drug-likeness (QED) is 0.774. The molecule has 2 atom stereocenters. The number of anilines is 1. The van der Waals surface area contributed by atoms with Crippen LogP contribution in [0.1, 0.15) is 23.0 Å². The summed E-state index contributed by atoms with van der Waals surface area (Å²) in [5.41, 5.74) is 2.29. The van der Waals surface area contributed by atoms with E-state index in [1.807, 2.05) is 35.9 Å². The van der Waals surface area contributed by atoms with Crippen LogP contribution in [0.15, 0.2) is 49.1 Å². The zero-order valence-electron chi connectivity index (χ0n) is 12.7. The lowest BCUT2D eigenvalue weighted by atomic mass is 10.1. The number of aromatic nitrogens is 4. The number of fused-ring (bicyclic) bond motifs is 1. The third-order valence-corrected chi connectivity index (χ3v) is 4.20. The van der Waals surface area contributed by atoms with Crippen molar-refractivity contribution in [3.63, 3.8) is 0 Å². The number of benzene rings is 1. The van der Waals surface area contributed by atoms with Crippen LogP contribution in [0.5, 0.6) is 0 Å². The van der Waals surface area contributed by atoms with E-state index in [-0.39, 0.29) is 6.04 Å². The molecule has 0 amide bonds. The number of hydrogen-bond acceptors (Lipinski definition) is 5. The summed E-state index contributed by atoms with van der Waals surface area (Å²) >= 11 is 0. The van der Waals surface area contributed by atoms with Gasteiger partial charge in [0, 0.05) is 18.8 Å². The Bertz CT molecular complexity index is 844. The number of nitrogens with one attached hydrogen (secondary N) is 1. The molecule has 4 rings (SSSR count). The second-order valence-electron chi connectivity index (χ2n) is 5.70. The van der Waals surface area contributed by atoms with Crippen LogP contribution in [0, 0.1) is 6.92 Å². The van der Waals surface area contributed by atoms with Crippen molar-refractivity contribution in [2.75, 3.05) is 5.32 Å². The molecule has 116 valence electrons. The van der Waals surface area contributed by atoms with Crippen LogP contribution in [-0.4, -0.2) is 30.7 Å². The Hall–Kier alpha value is -2.73. The van der Waals surface area contributed by atoms with Crippen LogP contribution < -0.4 is 5.32 Å². The Morgan fingerprint density at radius 2 is 2.13 bits per heavy atom. The molecule has 6 heteroatoms. The van der Waals surface area contributed by atoms with Crippen molar-refractivity contribution in [1.82, 2.24) is 19.5 Å². The van der Waals surface area contributed by atoms with Crippen LogP contribution in [-0.2, 0) is 6.42 Å². The number of imidazole rings is 1. The van der Waals surface area contributed by atoms with E-state index >= 15 is 0 Å². The highest BCUT2D eigenvalue weighted by atomic mass is 16.3. The molecular weight excluding hydrogens is 290 g/mol. The fourth-order valence-electron chi connectivity index (χ4n) is 3.07. The van der Waals surface area contributed by atoms with Gasteiger partial charge in [0.25, 0.3) is 0 Å². The standard InChI is InChI=1S/C17H17N5O/c1-11-19-6-7-22(11)16-10-18-9-15(20-16)21-17-13-5-3-2-4-12(13)8-14(17)23/h2-7,9-10,14,17,23H,8H2,1H3,(H,20,21)/t14-,17+/m1/s1. The minimum atomic E-state index is -0.465. The number of aliphatic hydroxyl groups is 1. The molecule has 0 bridgehead atoms. The van der Waals surface area contributed by atoms with Gasteiger partial charge >= 0.3 is 0 Å². The maximum atomic E-state index is 10.3. The molecule has 1 aromatic carbocycles. The van der Waals surface area contributed by atoms with Gasteiger partial charge in [0.1, 0.15) is 11.6 Å². The molecule has 2 N–H and O–H groups in total. The topological polar surface area (TPSA) is 75.9 Å². The first-order valence-corrected chi connectivity index (χ1v) is 7.57. The van der Waals surface area contributed by atoms with Crippen LogP contribution in [0.4, 0.5) is 5.82 Å². The van der Waals surface area contributed by atoms with Crippen molar-refractivity contribution in [3.8, 4) is 5.82 Å². The van der Waals surface area contributed by atoms with Crippen molar-refractivity contribution in [2.24, 2.45) is 0 Å². The third-order valence-electron chi connectivity index (χ3n) is 4.20. The van der Waals surface area contributed by atoms with E-state index in [4.69, 9.17) is 0 Å². The number of nitrogens with zero attached hydrogens (tertiary/aromatic N) is 4. The van der Waals surface area contributed by atoms with Crippen molar-refractivity contribution >= 4 is 5.82 Å². The Kier molecular flexibility index (Phi) is 3.31. The first-order valence-electron chi connectivity index (χ1n) is 7.57. The fourth-order valence-corrected chi connectivity index (χ4v) is 3.07. The van der Waals surface area contributed by atoms with Gasteiger partial charge in [-0.2, -0.15) is 0 Å². The van der Waals surface area contributed by atoms with Gasteiger partial charge < -0.3 is 10.4 Å². The lowest BCUT2D eigenvalue weighted by molar-refractivity contribution is 0.165. The van der Waals surface area contributed by atoms with E-state index in [2.05, 4.69) is 26.3 Å². The summed E-state index contributed by atoms with van der Waals surface area (Å²) in [6.07, 6.45) is 7.13. The molecule has 2 heterocycles. The molecule has 0 saturated carbocycles. The molecule has 0 radical (unpaired) electrons. The van der Waals surface area contributed by atoms with E-state index in [0.717, 1.165) is 11.4 Å². The molecular formula is C17H17N5O. The average molecular weight is 307 g/mol. The molecule has 3 aromatic rings. The summed E-state index contributed by atoms with van der Waals surface area (Å²) in [5, 5.41) is 13.7. The van der Waals surface area contributed by atoms with Gasteiger partial charge in [0.2, 0.25) is 0 Å². The molecule has 23 heavy (non-hydrogen) atoms. The maximum absolute atomic E-state index is 10.3. The first-order chi connectivity index (χ1) is 11.2. The van der Waals surface area contributed by atoms with E-state index < -0.39 is 6.10 Å². The predicted molar refractivity (Wildman–Crippen MR) is 86.4 cm³/mol. The molecule has 0 spiro atoms. The van der Waals surface area contributed by atoms with Gasteiger partial charge in [0.15, 0.2) is 5.82 Å². The highest BCUT2D eigenvalue weighted by Gasteiger charge is 2.30. The molecule has 1 aliphatic rings. The number of aliphatic hydroxyl groups excluding tert-OH is 1. The fraction of sp³-hybridized carbons (Fsp3) is 0.235. The van der Waals surface area contributed by atoms with Gasteiger partial charge in [-0.1, -0.05) is 24.3 Å². The summed E-state index contributed by atoms with van der Waals surface area (Å²) in [4.78, 5) is 13.0. The van der Waals surface area contributed by atoms with Crippen molar-refractivity contribution in [2.45, 2.75) is 25.5 Å². The van der Waals surface area contributed by atoms with Crippen molar-refractivity contribution in [3.05, 3.63) is 66.0 Å².